The van der Waals surface area contributed by atoms with Crippen molar-refractivity contribution >= 4 is 38.5 Å². The number of nitrogens with zero attached hydrogens (tertiary/aromatic N) is 3. The van der Waals surface area contributed by atoms with Gasteiger partial charge in [-0.2, -0.15) is 0 Å². The fraction of sp³-hybridized carbons (Fsp3) is 0.273. The Morgan fingerprint density at radius 2 is 1.64 bits per heavy atom. The molecule has 5 aromatic rings. The second-order valence-electron chi connectivity index (χ2n) is 10.5. The molecule has 0 radical (unpaired) electrons. The highest BCUT2D eigenvalue weighted by atomic mass is 15.2. The zero-order valence-electron chi connectivity index (χ0n) is 21.0. The van der Waals surface area contributed by atoms with Crippen LogP contribution in [0.5, 0.6) is 0 Å². The van der Waals surface area contributed by atoms with Crippen LogP contribution in [0.25, 0.3) is 32.3 Å². The second kappa shape index (κ2) is 9.83. The number of hydrogen-bond acceptors (Lipinski definition) is 3. The van der Waals surface area contributed by atoms with Crippen molar-refractivity contribution in [2.45, 2.75) is 44.7 Å². The van der Waals surface area contributed by atoms with E-state index in [2.05, 4.69) is 95.7 Å². The lowest BCUT2D eigenvalue weighted by Gasteiger charge is -2.33. The summed E-state index contributed by atoms with van der Waals surface area (Å²) in [5.74, 6) is 0. The summed E-state index contributed by atoms with van der Waals surface area (Å²) >= 11 is 0. The molecule has 3 heteroatoms. The number of pyridine rings is 1. The third kappa shape index (κ3) is 4.64. The van der Waals surface area contributed by atoms with Crippen LogP contribution in [0, 0.1) is 0 Å². The molecule has 2 heterocycles. The Labute approximate surface area is 213 Å². The maximum atomic E-state index is 4.82. The zero-order valence-corrected chi connectivity index (χ0v) is 21.0. The fourth-order valence-corrected chi connectivity index (χ4v) is 5.84. The van der Waals surface area contributed by atoms with Gasteiger partial charge in [0.15, 0.2) is 0 Å². The molecular formula is C33H33N3. The van der Waals surface area contributed by atoms with E-state index in [4.69, 9.17) is 4.99 Å². The van der Waals surface area contributed by atoms with Crippen molar-refractivity contribution in [2.75, 3.05) is 13.1 Å². The van der Waals surface area contributed by atoms with Crippen LogP contribution in [0.15, 0.2) is 96.1 Å². The van der Waals surface area contributed by atoms with Gasteiger partial charge in [0.05, 0.1) is 11.2 Å². The van der Waals surface area contributed by atoms with E-state index in [0.29, 0.717) is 0 Å². The standard InChI is InChI=1S/C33H33N3/c1-33(19-4-6-21-35-33)24-36(23-29-12-2-5-20-34-29)22-7-3-9-25-13-14-28-16-15-26-10-8-11-27-17-18-30(25)32(28)31(26)27/h2,4-6,8,10-18,20-21H,3,7,9,19,22-24H2,1H3. The summed E-state index contributed by atoms with van der Waals surface area (Å²) in [7, 11) is 0. The van der Waals surface area contributed by atoms with Crippen LogP contribution >= 0.6 is 0 Å². The van der Waals surface area contributed by atoms with Gasteiger partial charge in [-0.05, 0) is 95.2 Å². The van der Waals surface area contributed by atoms with Crippen LogP contribution in [-0.4, -0.2) is 34.7 Å². The second-order valence-corrected chi connectivity index (χ2v) is 10.5. The van der Waals surface area contributed by atoms with Gasteiger partial charge in [-0.3, -0.25) is 14.9 Å². The molecular weight excluding hydrogens is 438 g/mol. The number of allylic oxidation sites excluding steroid dienone is 1. The van der Waals surface area contributed by atoms with Crippen molar-refractivity contribution in [3.63, 3.8) is 0 Å². The lowest BCUT2D eigenvalue weighted by molar-refractivity contribution is 0.205. The molecule has 3 nitrogen and oxygen atoms in total. The Balaban J connectivity index is 1.17. The van der Waals surface area contributed by atoms with Crippen molar-refractivity contribution in [1.82, 2.24) is 9.88 Å². The van der Waals surface area contributed by atoms with E-state index in [1.807, 2.05) is 18.5 Å². The number of aromatic nitrogens is 1. The van der Waals surface area contributed by atoms with Crippen LogP contribution < -0.4 is 0 Å². The molecule has 6 rings (SSSR count). The Morgan fingerprint density at radius 1 is 0.833 bits per heavy atom. The summed E-state index contributed by atoms with van der Waals surface area (Å²) in [5, 5.41) is 8.26. The monoisotopic (exact) mass is 471 g/mol. The molecule has 1 aromatic heterocycles. The number of unbranched alkanes of at least 4 members (excludes halogenated alkanes) is 1. The smallest absolute Gasteiger partial charge is 0.0740 e. The van der Waals surface area contributed by atoms with E-state index >= 15 is 0 Å². The Bertz CT molecular complexity index is 1520. The van der Waals surface area contributed by atoms with Crippen molar-refractivity contribution in [1.29, 1.82) is 0 Å². The van der Waals surface area contributed by atoms with Crippen LogP contribution in [0.1, 0.15) is 37.4 Å². The number of dihydropyridines is 1. The van der Waals surface area contributed by atoms with E-state index in [0.717, 1.165) is 44.6 Å². The van der Waals surface area contributed by atoms with Crippen LogP contribution in [-0.2, 0) is 13.0 Å². The maximum absolute atomic E-state index is 4.82. The zero-order chi connectivity index (χ0) is 24.4. The maximum Gasteiger partial charge on any atom is 0.0740 e. The van der Waals surface area contributed by atoms with Gasteiger partial charge in [0.2, 0.25) is 0 Å². The number of aryl methyl sites for hydroxylation is 1. The summed E-state index contributed by atoms with van der Waals surface area (Å²) < 4.78 is 0. The Hall–Kier alpha value is -3.56. The van der Waals surface area contributed by atoms with E-state index in [1.165, 1.54) is 44.3 Å². The van der Waals surface area contributed by atoms with Crippen molar-refractivity contribution in [3.8, 4) is 0 Å². The summed E-state index contributed by atoms with van der Waals surface area (Å²) in [4.78, 5) is 12.0. The van der Waals surface area contributed by atoms with E-state index in [-0.39, 0.29) is 5.54 Å². The average molecular weight is 472 g/mol. The third-order valence-corrected chi connectivity index (χ3v) is 7.63. The van der Waals surface area contributed by atoms with Crippen LogP contribution in [0.3, 0.4) is 0 Å². The first kappa shape index (κ1) is 22.9. The SMILES string of the molecule is CC1(CN(CCCCc2ccc3ccc4cccc5ccc2c3c45)Cc2ccccn2)CC=CC=N1. The highest BCUT2D eigenvalue weighted by molar-refractivity contribution is 6.23. The number of aliphatic imine (C=N–C) groups is 1. The molecule has 0 N–H and O–H groups in total. The number of hydrogen-bond donors (Lipinski definition) is 0. The van der Waals surface area contributed by atoms with Crippen LogP contribution in [0.2, 0.25) is 0 Å². The summed E-state index contributed by atoms with van der Waals surface area (Å²) in [6.45, 7) is 5.14. The molecule has 0 fully saturated rings. The molecule has 180 valence electrons. The third-order valence-electron chi connectivity index (χ3n) is 7.63. The number of rotatable bonds is 9. The van der Waals surface area contributed by atoms with Gasteiger partial charge >= 0.3 is 0 Å². The molecule has 0 amide bonds. The molecule has 0 aliphatic carbocycles. The average Bonchev–Trinajstić information content (AvgIpc) is 2.91. The lowest BCUT2D eigenvalue weighted by atomic mass is 9.90. The lowest BCUT2D eigenvalue weighted by Crippen LogP contribution is -2.40. The minimum atomic E-state index is -0.0599. The molecule has 1 aliphatic rings. The highest BCUT2D eigenvalue weighted by Crippen LogP contribution is 2.36. The topological polar surface area (TPSA) is 28.5 Å². The molecule has 0 saturated heterocycles. The molecule has 1 aliphatic heterocycles. The van der Waals surface area contributed by atoms with E-state index < -0.39 is 0 Å². The van der Waals surface area contributed by atoms with Gasteiger partial charge in [0.25, 0.3) is 0 Å². The Morgan fingerprint density at radius 3 is 2.42 bits per heavy atom. The first-order valence-electron chi connectivity index (χ1n) is 13.2. The van der Waals surface area contributed by atoms with Crippen LogP contribution in [0.4, 0.5) is 0 Å². The minimum Gasteiger partial charge on any atom is -0.295 e. The van der Waals surface area contributed by atoms with E-state index in [9.17, 15) is 0 Å². The highest BCUT2D eigenvalue weighted by Gasteiger charge is 2.26. The van der Waals surface area contributed by atoms with E-state index in [1.54, 1.807) is 0 Å². The van der Waals surface area contributed by atoms with Gasteiger partial charge in [-0.15, -0.1) is 0 Å². The van der Waals surface area contributed by atoms with Gasteiger partial charge in [-0.25, -0.2) is 0 Å². The number of benzene rings is 4. The molecule has 36 heavy (non-hydrogen) atoms. The summed E-state index contributed by atoms with van der Waals surface area (Å²) in [5.41, 5.74) is 2.53. The predicted molar refractivity (Wildman–Crippen MR) is 153 cm³/mol. The molecule has 0 bridgehead atoms. The first-order valence-corrected chi connectivity index (χ1v) is 13.2. The van der Waals surface area contributed by atoms with Gasteiger partial charge in [-0.1, -0.05) is 66.7 Å². The molecule has 4 aromatic carbocycles. The van der Waals surface area contributed by atoms with Gasteiger partial charge in [0.1, 0.15) is 0 Å². The molecule has 0 spiro atoms. The fourth-order valence-electron chi connectivity index (χ4n) is 5.84. The van der Waals surface area contributed by atoms with Crippen molar-refractivity contribution in [2.24, 2.45) is 4.99 Å². The van der Waals surface area contributed by atoms with Gasteiger partial charge in [0, 0.05) is 25.5 Å². The molecule has 1 atom stereocenters. The largest absolute Gasteiger partial charge is 0.295 e. The Kier molecular flexibility index (Phi) is 6.25. The van der Waals surface area contributed by atoms with Gasteiger partial charge < -0.3 is 0 Å². The quantitative estimate of drug-likeness (QED) is 0.164. The summed E-state index contributed by atoms with van der Waals surface area (Å²) in [6.07, 6.45) is 12.6. The predicted octanol–water partition coefficient (Wildman–Crippen LogP) is 7.59. The summed E-state index contributed by atoms with van der Waals surface area (Å²) in [6, 6.07) is 26.6. The minimum absolute atomic E-state index is 0.0599. The molecule has 1 unspecified atom stereocenters. The first-order chi connectivity index (χ1) is 17.7. The van der Waals surface area contributed by atoms with Crippen molar-refractivity contribution < 1.29 is 0 Å². The van der Waals surface area contributed by atoms with Crippen molar-refractivity contribution in [3.05, 3.63) is 102 Å². The molecule has 0 saturated carbocycles. The normalized spacial score (nSPS) is 17.7.